The lowest BCUT2D eigenvalue weighted by molar-refractivity contribution is 0.470. The van der Waals surface area contributed by atoms with E-state index in [-0.39, 0.29) is 0 Å². The molecular formula is C10H23NO2S. The zero-order valence-corrected chi connectivity index (χ0v) is 10.4. The lowest BCUT2D eigenvalue weighted by Crippen LogP contribution is -2.20. The highest BCUT2D eigenvalue weighted by Gasteiger charge is 2.04. The zero-order chi connectivity index (χ0) is 11.0. The van der Waals surface area contributed by atoms with Gasteiger partial charge in [-0.25, -0.2) is 8.42 Å². The first-order valence-electron chi connectivity index (χ1n) is 5.34. The molecule has 0 spiro atoms. The summed E-state index contributed by atoms with van der Waals surface area (Å²) in [4.78, 5) is 0. The van der Waals surface area contributed by atoms with Crippen LogP contribution in [0.15, 0.2) is 0 Å². The van der Waals surface area contributed by atoms with Crippen molar-refractivity contribution in [3.05, 3.63) is 0 Å². The monoisotopic (exact) mass is 221 g/mol. The van der Waals surface area contributed by atoms with Crippen LogP contribution in [0, 0.1) is 5.92 Å². The Labute approximate surface area is 88.2 Å². The molecule has 0 saturated carbocycles. The van der Waals surface area contributed by atoms with Gasteiger partial charge in [-0.2, -0.15) is 0 Å². The van der Waals surface area contributed by atoms with E-state index in [2.05, 4.69) is 19.2 Å². The van der Waals surface area contributed by atoms with E-state index < -0.39 is 9.84 Å². The van der Waals surface area contributed by atoms with Crippen LogP contribution >= 0.6 is 0 Å². The molecule has 0 aliphatic heterocycles. The molecule has 0 aromatic heterocycles. The molecule has 0 bridgehead atoms. The van der Waals surface area contributed by atoms with Crippen LogP contribution in [0.25, 0.3) is 0 Å². The van der Waals surface area contributed by atoms with Gasteiger partial charge in [0, 0.05) is 12.0 Å². The zero-order valence-electron chi connectivity index (χ0n) is 9.54. The second-order valence-corrected chi connectivity index (χ2v) is 6.30. The predicted octanol–water partition coefficient (Wildman–Crippen LogP) is 1.45. The van der Waals surface area contributed by atoms with Gasteiger partial charge in [-0.3, -0.25) is 0 Å². The molecule has 3 nitrogen and oxygen atoms in total. The number of rotatable bonds is 8. The summed E-state index contributed by atoms with van der Waals surface area (Å²) < 4.78 is 21.7. The maximum absolute atomic E-state index is 10.8. The van der Waals surface area contributed by atoms with Gasteiger partial charge >= 0.3 is 0 Å². The van der Waals surface area contributed by atoms with E-state index in [9.17, 15) is 8.42 Å². The van der Waals surface area contributed by atoms with Gasteiger partial charge in [0.05, 0.1) is 0 Å². The molecule has 0 amide bonds. The third-order valence-electron chi connectivity index (χ3n) is 2.20. The van der Waals surface area contributed by atoms with Crippen molar-refractivity contribution >= 4 is 9.84 Å². The van der Waals surface area contributed by atoms with Gasteiger partial charge in [0.2, 0.25) is 0 Å². The van der Waals surface area contributed by atoms with Gasteiger partial charge in [0.15, 0.2) is 0 Å². The number of nitrogens with one attached hydrogen (secondary N) is 1. The van der Waals surface area contributed by atoms with Crippen molar-refractivity contribution in [2.45, 2.75) is 33.1 Å². The van der Waals surface area contributed by atoms with E-state index in [0.717, 1.165) is 32.4 Å². The lowest BCUT2D eigenvalue weighted by Gasteiger charge is -2.10. The van der Waals surface area contributed by atoms with E-state index in [1.165, 1.54) is 6.26 Å². The van der Waals surface area contributed by atoms with Crippen molar-refractivity contribution in [2.24, 2.45) is 5.92 Å². The van der Waals surface area contributed by atoms with E-state index in [1.54, 1.807) is 0 Å². The molecule has 0 radical (unpaired) electrons. The number of unbranched alkanes of at least 4 members (excludes halogenated alkanes) is 1. The topological polar surface area (TPSA) is 46.2 Å². The Morgan fingerprint density at radius 1 is 1.29 bits per heavy atom. The summed E-state index contributed by atoms with van der Waals surface area (Å²) in [5.74, 6) is 0.982. The Bertz CT molecular complexity index is 224. The van der Waals surface area contributed by atoms with Crippen molar-refractivity contribution in [3.63, 3.8) is 0 Å². The van der Waals surface area contributed by atoms with Crippen molar-refractivity contribution in [2.75, 3.05) is 25.1 Å². The third kappa shape index (κ3) is 9.99. The Balaban J connectivity index is 3.36. The molecular weight excluding hydrogens is 198 g/mol. The fraction of sp³-hybridized carbons (Fsp3) is 1.00. The highest BCUT2D eigenvalue weighted by Crippen LogP contribution is 2.07. The summed E-state index contributed by atoms with van der Waals surface area (Å²) in [6.45, 7) is 6.34. The van der Waals surface area contributed by atoms with Crippen molar-refractivity contribution in [3.8, 4) is 0 Å². The summed E-state index contributed by atoms with van der Waals surface area (Å²) >= 11 is 0. The average molecular weight is 221 g/mol. The molecule has 14 heavy (non-hydrogen) atoms. The molecule has 1 unspecified atom stereocenters. The average Bonchev–Trinajstić information content (AvgIpc) is 2.07. The molecule has 0 aromatic carbocycles. The number of hydrogen-bond acceptors (Lipinski definition) is 3. The van der Waals surface area contributed by atoms with Crippen LogP contribution in [0.2, 0.25) is 0 Å². The Kier molecular flexibility index (Phi) is 7.19. The Morgan fingerprint density at radius 2 is 1.93 bits per heavy atom. The fourth-order valence-corrected chi connectivity index (χ4v) is 2.08. The van der Waals surface area contributed by atoms with Gasteiger partial charge in [0.25, 0.3) is 0 Å². The van der Waals surface area contributed by atoms with Crippen LogP contribution in [0.3, 0.4) is 0 Å². The minimum absolute atomic E-state index is 0.334. The molecule has 0 aromatic rings. The maximum atomic E-state index is 10.8. The van der Waals surface area contributed by atoms with Crippen LogP contribution < -0.4 is 5.32 Å². The molecule has 0 saturated heterocycles. The molecule has 0 heterocycles. The molecule has 0 rings (SSSR count). The highest BCUT2D eigenvalue weighted by molar-refractivity contribution is 7.90. The summed E-state index contributed by atoms with van der Waals surface area (Å²) in [7, 11) is -2.75. The first kappa shape index (κ1) is 13.9. The van der Waals surface area contributed by atoms with E-state index in [0.29, 0.717) is 11.7 Å². The molecule has 4 heteroatoms. The Morgan fingerprint density at radius 3 is 2.43 bits per heavy atom. The van der Waals surface area contributed by atoms with Crippen LogP contribution in [-0.4, -0.2) is 33.5 Å². The second kappa shape index (κ2) is 7.23. The first-order chi connectivity index (χ1) is 6.45. The van der Waals surface area contributed by atoms with Gasteiger partial charge in [-0.1, -0.05) is 20.3 Å². The van der Waals surface area contributed by atoms with Crippen molar-refractivity contribution in [1.29, 1.82) is 0 Å². The minimum Gasteiger partial charge on any atom is -0.317 e. The first-order valence-corrected chi connectivity index (χ1v) is 7.40. The molecule has 86 valence electrons. The summed E-state index contributed by atoms with van der Waals surface area (Å²) in [6, 6.07) is 0. The smallest absolute Gasteiger partial charge is 0.147 e. The standard InChI is InChI=1S/C10H23NO2S/c1-4-11-9-10(2)7-5-6-8-14(3,12)13/h10-11H,4-9H2,1-3H3. The molecule has 1 atom stereocenters. The molecule has 0 fully saturated rings. The van der Waals surface area contributed by atoms with Crippen LogP contribution in [0.1, 0.15) is 33.1 Å². The van der Waals surface area contributed by atoms with Gasteiger partial charge < -0.3 is 5.32 Å². The van der Waals surface area contributed by atoms with Crippen LogP contribution in [0.5, 0.6) is 0 Å². The van der Waals surface area contributed by atoms with Gasteiger partial charge in [-0.05, 0) is 31.8 Å². The van der Waals surface area contributed by atoms with Crippen LogP contribution in [-0.2, 0) is 9.84 Å². The molecule has 0 aliphatic rings. The predicted molar refractivity (Wildman–Crippen MR) is 61.3 cm³/mol. The minimum atomic E-state index is -2.75. The summed E-state index contributed by atoms with van der Waals surface area (Å²) in [6.07, 6.45) is 4.23. The van der Waals surface area contributed by atoms with Gasteiger partial charge in [-0.15, -0.1) is 0 Å². The number of sulfone groups is 1. The van der Waals surface area contributed by atoms with Crippen LogP contribution in [0.4, 0.5) is 0 Å². The summed E-state index contributed by atoms with van der Waals surface area (Å²) in [5.41, 5.74) is 0. The van der Waals surface area contributed by atoms with Crippen molar-refractivity contribution < 1.29 is 8.42 Å². The SMILES string of the molecule is CCNCC(C)CCCCS(C)(=O)=O. The largest absolute Gasteiger partial charge is 0.317 e. The normalized spacial score (nSPS) is 14.2. The number of hydrogen-bond donors (Lipinski definition) is 1. The molecule has 1 N–H and O–H groups in total. The second-order valence-electron chi connectivity index (χ2n) is 4.04. The van der Waals surface area contributed by atoms with E-state index in [1.807, 2.05) is 0 Å². The van der Waals surface area contributed by atoms with E-state index in [4.69, 9.17) is 0 Å². The third-order valence-corrected chi connectivity index (χ3v) is 3.24. The fourth-order valence-electron chi connectivity index (χ4n) is 1.35. The summed E-state index contributed by atoms with van der Waals surface area (Å²) in [5, 5.41) is 3.29. The van der Waals surface area contributed by atoms with Gasteiger partial charge in [0.1, 0.15) is 9.84 Å². The molecule has 0 aliphatic carbocycles. The maximum Gasteiger partial charge on any atom is 0.147 e. The highest BCUT2D eigenvalue weighted by atomic mass is 32.2. The quantitative estimate of drug-likeness (QED) is 0.631. The van der Waals surface area contributed by atoms with Crippen molar-refractivity contribution in [1.82, 2.24) is 5.32 Å². The van der Waals surface area contributed by atoms with E-state index >= 15 is 0 Å². The lowest BCUT2D eigenvalue weighted by atomic mass is 10.0. The Hall–Kier alpha value is -0.0900.